The van der Waals surface area contributed by atoms with Crippen LogP contribution in [0.1, 0.15) is 16.8 Å². The van der Waals surface area contributed by atoms with Gasteiger partial charge in [-0.3, -0.25) is 4.98 Å². The molecule has 3 heterocycles. The highest BCUT2D eigenvalue weighted by Crippen LogP contribution is 2.39. The summed E-state index contributed by atoms with van der Waals surface area (Å²) >= 11 is 0. The molecule has 0 aliphatic rings. The average molecular weight is 574 g/mol. The highest BCUT2D eigenvalue weighted by Gasteiger charge is 2.34. The maximum Gasteiger partial charge on any atom is 0.417 e. The van der Waals surface area contributed by atoms with Crippen molar-refractivity contribution >= 4 is 11.0 Å². The normalized spacial score (nSPS) is 11.6. The third-order valence-electron chi connectivity index (χ3n) is 6.73. The second-order valence-corrected chi connectivity index (χ2v) is 9.61. The first-order chi connectivity index (χ1) is 20.2. The van der Waals surface area contributed by atoms with Crippen LogP contribution >= 0.6 is 0 Å². The molecule has 0 saturated carbocycles. The fourth-order valence-corrected chi connectivity index (χ4v) is 4.65. The first-order valence-corrected chi connectivity index (χ1v) is 12.9. The molecule has 0 saturated heterocycles. The van der Waals surface area contributed by atoms with E-state index in [0.29, 0.717) is 28.8 Å². The third kappa shape index (κ3) is 5.69. The van der Waals surface area contributed by atoms with Gasteiger partial charge in [-0.15, -0.1) is 0 Å². The number of imidazole rings is 1. The molecule has 5 nitrogen and oxygen atoms in total. The number of aromatic amines is 1. The van der Waals surface area contributed by atoms with Crippen LogP contribution < -0.4 is 9.30 Å². The first kappa shape index (κ1) is 27.1. The molecule has 6 rings (SSSR count). The number of benzene rings is 3. The van der Waals surface area contributed by atoms with E-state index in [9.17, 15) is 22.0 Å². The van der Waals surface area contributed by atoms with Crippen molar-refractivity contribution in [3.05, 3.63) is 132 Å². The molecule has 0 amide bonds. The lowest BCUT2D eigenvalue weighted by atomic mass is 9.98. The number of hydrogen-bond donors (Lipinski definition) is 1. The van der Waals surface area contributed by atoms with Crippen molar-refractivity contribution in [2.24, 2.45) is 0 Å². The zero-order valence-corrected chi connectivity index (χ0v) is 21.9. The second kappa shape index (κ2) is 11.0. The topological polar surface area (TPSA) is 54.7 Å². The standard InChI is InChI=1S/C32H21F5N4O/c33-27-6-3-5-25(30(27)34)31-39-28-13-15-41(18-29(28)40-31)17-20-7-9-21(10-8-20)24-12-11-23(16-26(24)32(35,36)37)42-19-22-4-1-2-14-38-22/h1-16,18H,17,19H2/p+1. The van der Waals surface area contributed by atoms with Crippen LogP contribution in [-0.4, -0.2) is 15.0 Å². The van der Waals surface area contributed by atoms with Crippen LogP contribution in [-0.2, 0) is 19.3 Å². The highest BCUT2D eigenvalue weighted by molar-refractivity contribution is 5.77. The SMILES string of the molecule is Fc1cccc(-c2nc3cc[n+](Cc4ccc(-c5ccc(OCc6ccccn6)cc5C(F)(F)F)cc4)cc3[nH]2)c1F. The lowest BCUT2D eigenvalue weighted by Gasteiger charge is -2.15. The van der Waals surface area contributed by atoms with Gasteiger partial charge in [-0.1, -0.05) is 42.5 Å². The number of fused-ring (bicyclic) bond motifs is 1. The Balaban J connectivity index is 1.21. The predicted octanol–water partition coefficient (Wildman–Crippen LogP) is 7.50. The molecule has 3 aromatic carbocycles. The summed E-state index contributed by atoms with van der Waals surface area (Å²) in [7, 11) is 0. The summed E-state index contributed by atoms with van der Waals surface area (Å²) in [6.45, 7) is 0.475. The number of rotatable bonds is 7. The van der Waals surface area contributed by atoms with Crippen LogP contribution in [0.4, 0.5) is 22.0 Å². The zero-order chi connectivity index (χ0) is 29.3. The third-order valence-corrected chi connectivity index (χ3v) is 6.73. The summed E-state index contributed by atoms with van der Waals surface area (Å²) in [5.74, 6) is -1.64. The van der Waals surface area contributed by atoms with Crippen molar-refractivity contribution in [2.75, 3.05) is 0 Å². The lowest BCUT2D eigenvalue weighted by Crippen LogP contribution is -2.33. The van der Waals surface area contributed by atoms with Gasteiger partial charge >= 0.3 is 6.18 Å². The minimum Gasteiger partial charge on any atom is -0.487 e. The van der Waals surface area contributed by atoms with Gasteiger partial charge in [0.05, 0.1) is 16.8 Å². The van der Waals surface area contributed by atoms with E-state index in [1.54, 1.807) is 67.1 Å². The van der Waals surface area contributed by atoms with E-state index in [4.69, 9.17) is 4.74 Å². The Hall–Kier alpha value is -5.12. The Morgan fingerprint density at radius 2 is 1.69 bits per heavy atom. The van der Waals surface area contributed by atoms with Gasteiger partial charge in [0, 0.05) is 17.8 Å². The number of nitrogens with one attached hydrogen (secondary N) is 1. The van der Waals surface area contributed by atoms with Crippen molar-refractivity contribution < 1.29 is 31.3 Å². The molecular formula is C32H22F5N4O+. The number of halogens is 5. The summed E-state index contributed by atoms with van der Waals surface area (Å²) in [5.41, 5.74) is 2.35. The molecule has 0 atom stereocenters. The van der Waals surface area contributed by atoms with Crippen LogP contribution in [0.15, 0.2) is 104 Å². The molecule has 3 aromatic heterocycles. The van der Waals surface area contributed by atoms with Crippen molar-refractivity contribution in [3.63, 3.8) is 0 Å². The van der Waals surface area contributed by atoms with Crippen LogP contribution in [0.5, 0.6) is 5.75 Å². The summed E-state index contributed by atoms with van der Waals surface area (Å²) in [6, 6.07) is 21.6. The maximum atomic E-state index is 14.2. The first-order valence-electron chi connectivity index (χ1n) is 12.9. The number of ether oxygens (including phenoxy) is 1. The van der Waals surface area contributed by atoms with Crippen LogP contribution in [0, 0.1) is 11.6 Å². The van der Waals surface area contributed by atoms with Gasteiger partial charge in [-0.05, 0) is 47.5 Å². The summed E-state index contributed by atoms with van der Waals surface area (Å²) in [5, 5.41) is 0. The number of aromatic nitrogens is 4. The predicted molar refractivity (Wildman–Crippen MR) is 146 cm³/mol. The minimum absolute atomic E-state index is 0.0272. The number of H-pyrrole nitrogens is 1. The molecule has 0 aliphatic heterocycles. The molecule has 10 heteroatoms. The number of hydrogen-bond acceptors (Lipinski definition) is 3. The van der Waals surface area contributed by atoms with Gasteiger partial charge < -0.3 is 9.72 Å². The molecule has 6 aromatic rings. The minimum atomic E-state index is -4.58. The molecular weight excluding hydrogens is 551 g/mol. The van der Waals surface area contributed by atoms with E-state index in [-0.39, 0.29) is 29.3 Å². The van der Waals surface area contributed by atoms with Crippen LogP contribution in [0.2, 0.25) is 0 Å². The summed E-state index contributed by atoms with van der Waals surface area (Å²) in [4.78, 5) is 11.5. The highest BCUT2D eigenvalue weighted by atomic mass is 19.4. The number of pyridine rings is 2. The van der Waals surface area contributed by atoms with E-state index >= 15 is 0 Å². The van der Waals surface area contributed by atoms with Crippen LogP contribution in [0.3, 0.4) is 0 Å². The largest absolute Gasteiger partial charge is 0.487 e. The summed E-state index contributed by atoms with van der Waals surface area (Å²) in [6.07, 6.45) is 0.575. The van der Waals surface area contributed by atoms with Gasteiger partial charge in [-0.2, -0.15) is 17.7 Å². The van der Waals surface area contributed by atoms with E-state index < -0.39 is 23.4 Å². The molecule has 0 bridgehead atoms. The Bertz CT molecular complexity index is 1870. The van der Waals surface area contributed by atoms with Gasteiger partial charge in [0.25, 0.3) is 0 Å². The van der Waals surface area contributed by atoms with Crippen molar-refractivity contribution in [2.45, 2.75) is 19.3 Å². The van der Waals surface area contributed by atoms with E-state index in [0.717, 1.165) is 17.7 Å². The van der Waals surface area contributed by atoms with Gasteiger partial charge in [0.2, 0.25) is 0 Å². The van der Waals surface area contributed by atoms with Gasteiger partial charge in [0.15, 0.2) is 30.6 Å². The Kier molecular flexibility index (Phi) is 7.12. The average Bonchev–Trinajstić information content (AvgIpc) is 3.41. The quantitative estimate of drug-likeness (QED) is 0.159. The molecule has 0 fully saturated rings. The maximum absolute atomic E-state index is 14.2. The molecule has 0 radical (unpaired) electrons. The fourth-order valence-electron chi connectivity index (χ4n) is 4.65. The monoisotopic (exact) mass is 573 g/mol. The molecule has 0 unspecified atom stereocenters. The van der Waals surface area contributed by atoms with E-state index in [1.807, 2.05) is 4.57 Å². The Morgan fingerprint density at radius 3 is 2.45 bits per heavy atom. The smallest absolute Gasteiger partial charge is 0.417 e. The second-order valence-electron chi connectivity index (χ2n) is 9.61. The Morgan fingerprint density at radius 1 is 0.857 bits per heavy atom. The summed E-state index contributed by atoms with van der Waals surface area (Å²) < 4.78 is 77.3. The fraction of sp³-hybridized carbons (Fsp3) is 0.0938. The molecule has 0 spiro atoms. The lowest BCUT2D eigenvalue weighted by molar-refractivity contribution is -0.687. The van der Waals surface area contributed by atoms with Crippen molar-refractivity contribution in [1.29, 1.82) is 0 Å². The van der Waals surface area contributed by atoms with E-state index in [2.05, 4.69) is 15.0 Å². The molecule has 210 valence electrons. The van der Waals surface area contributed by atoms with Gasteiger partial charge in [0.1, 0.15) is 29.2 Å². The zero-order valence-electron chi connectivity index (χ0n) is 21.9. The number of nitrogens with zero attached hydrogens (tertiary/aromatic N) is 3. The van der Waals surface area contributed by atoms with Crippen molar-refractivity contribution in [3.8, 4) is 28.3 Å². The number of alkyl halides is 3. The van der Waals surface area contributed by atoms with Gasteiger partial charge in [-0.25, -0.2) is 13.8 Å². The molecule has 42 heavy (non-hydrogen) atoms. The Labute approximate surface area is 236 Å². The molecule has 0 aliphatic carbocycles. The van der Waals surface area contributed by atoms with Crippen molar-refractivity contribution in [1.82, 2.24) is 15.0 Å². The van der Waals surface area contributed by atoms with E-state index in [1.165, 1.54) is 24.3 Å². The van der Waals surface area contributed by atoms with Crippen LogP contribution in [0.25, 0.3) is 33.5 Å². The molecule has 1 N–H and O–H groups in total.